The maximum absolute atomic E-state index is 11.5. The molecule has 1 N–H and O–H groups in total. The van der Waals surface area contributed by atoms with E-state index in [1.807, 2.05) is 0 Å². The molecular formula is C9H6ClN3O2. The maximum Gasteiger partial charge on any atom is 0.260 e. The van der Waals surface area contributed by atoms with Crippen molar-refractivity contribution in [3.63, 3.8) is 0 Å². The Labute approximate surface area is 90.1 Å². The van der Waals surface area contributed by atoms with Gasteiger partial charge in [-0.3, -0.25) is 4.79 Å². The van der Waals surface area contributed by atoms with Crippen molar-refractivity contribution < 1.29 is 9.21 Å². The van der Waals surface area contributed by atoms with Gasteiger partial charge in [0.1, 0.15) is 6.26 Å². The van der Waals surface area contributed by atoms with Crippen LogP contribution in [0.1, 0.15) is 10.4 Å². The number of amides is 1. The number of anilines is 1. The molecule has 0 saturated heterocycles. The number of hydrogen-bond donors (Lipinski definition) is 1. The first-order valence-corrected chi connectivity index (χ1v) is 4.46. The first-order valence-electron chi connectivity index (χ1n) is 4.08. The molecule has 0 spiro atoms. The van der Waals surface area contributed by atoms with Crippen LogP contribution in [0.2, 0.25) is 5.15 Å². The van der Waals surface area contributed by atoms with E-state index in [0.717, 1.165) is 0 Å². The van der Waals surface area contributed by atoms with Crippen LogP contribution >= 0.6 is 11.6 Å². The van der Waals surface area contributed by atoms with Gasteiger partial charge in [-0.2, -0.15) is 0 Å². The first-order chi connectivity index (χ1) is 7.25. The van der Waals surface area contributed by atoms with E-state index in [0.29, 0.717) is 11.4 Å². The second-order valence-corrected chi connectivity index (χ2v) is 3.09. The Hall–Kier alpha value is -1.88. The standard InChI is InChI=1S/C9H6ClN3O2/c10-7-1-2-8(13-12-7)11-9(14)6-3-4-15-5-6/h1-5H,(H,11,13,14). The van der Waals surface area contributed by atoms with Gasteiger partial charge < -0.3 is 9.73 Å². The molecule has 1 amide bonds. The van der Waals surface area contributed by atoms with E-state index < -0.39 is 0 Å². The van der Waals surface area contributed by atoms with Gasteiger partial charge >= 0.3 is 0 Å². The van der Waals surface area contributed by atoms with Crippen molar-refractivity contribution in [2.24, 2.45) is 0 Å². The van der Waals surface area contributed by atoms with Crippen LogP contribution in [0.15, 0.2) is 35.1 Å². The highest BCUT2D eigenvalue weighted by Gasteiger charge is 2.07. The summed E-state index contributed by atoms with van der Waals surface area (Å²) in [6.45, 7) is 0. The molecule has 0 bridgehead atoms. The summed E-state index contributed by atoms with van der Waals surface area (Å²) in [4.78, 5) is 11.5. The van der Waals surface area contributed by atoms with E-state index in [1.165, 1.54) is 12.5 Å². The second-order valence-electron chi connectivity index (χ2n) is 2.71. The van der Waals surface area contributed by atoms with Gasteiger partial charge in [0.15, 0.2) is 11.0 Å². The van der Waals surface area contributed by atoms with Crippen molar-refractivity contribution in [2.45, 2.75) is 0 Å². The summed E-state index contributed by atoms with van der Waals surface area (Å²) < 4.78 is 4.77. The molecule has 0 fully saturated rings. The van der Waals surface area contributed by atoms with Crippen LogP contribution in [0, 0.1) is 0 Å². The largest absolute Gasteiger partial charge is 0.472 e. The Bertz CT molecular complexity index is 453. The number of nitrogens with zero attached hydrogens (tertiary/aromatic N) is 2. The van der Waals surface area contributed by atoms with Gasteiger partial charge in [0.2, 0.25) is 0 Å². The summed E-state index contributed by atoms with van der Waals surface area (Å²) in [7, 11) is 0. The van der Waals surface area contributed by atoms with Crippen LogP contribution < -0.4 is 5.32 Å². The zero-order valence-corrected chi connectivity index (χ0v) is 8.23. The molecule has 2 rings (SSSR count). The van der Waals surface area contributed by atoms with Gasteiger partial charge in [0.05, 0.1) is 11.8 Å². The zero-order chi connectivity index (χ0) is 10.7. The van der Waals surface area contributed by atoms with Gasteiger partial charge in [-0.25, -0.2) is 0 Å². The summed E-state index contributed by atoms with van der Waals surface area (Å²) in [5.74, 6) is 0.0333. The summed E-state index contributed by atoms with van der Waals surface area (Å²) >= 11 is 5.55. The number of furan rings is 1. The van der Waals surface area contributed by atoms with E-state index in [2.05, 4.69) is 15.5 Å². The maximum atomic E-state index is 11.5. The molecule has 15 heavy (non-hydrogen) atoms. The lowest BCUT2D eigenvalue weighted by Gasteiger charge is -2.00. The van der Waals surface area contributed by atoms with E-state index in [1.54, 1.807) is 18.2 Å². The fraction of sp³-hybridized carbons (Fsp3) is 0. The Morgan fingerprint density at radius 1 is 1.33 bits per heavy atom. The number of carbonyl (C=O) groups is 1. The predicted molar refractivity (Wildman–Crippen MR) is 53.7 cm³/mol. The van der Waals surface area contributed by atoms with Gasteiger partial charge in [0, 0.05) is 0 Å². The van der Waals surface area contributed by atoms with Crippen LogP contribution in [0.4, 0.5) is 5.82 Å². The van der Waals surface area contributed by atoms with Gasteiger partial charge in [0.25, 0.3) is 5.91 Å². The van der Waals surface area contributed by atoms with Crippen molar-refractivity contribution in [1.82, 2.24) is 10.2 Å². The summed E-state index contributed by atoms with van der Waals surface area (Å²) in [6, 6.07) is 4.66. The highest BCUT2D eigenvalue weighted by Crippen LogP contribution is 2.08. The second kappa shape index (κ2) is 4.10. The molecule has 0 aliphatic carbocycles. The lowest BCUT2D eigenvalue weighted by Crippen LogP contribution is -2.12. The number of carbonyl (C=O) groups excluding carboxylic acids is 1. The molecule has 0 aliphatic heterocycles. The monoisotopic (exact) mass is 223 g/mol. The predicted octanol–water partition coefficient (Wildman–Crippen LogP) is 1.98. The summed E-state index contributed by atoms with van der Waals surface area (Å²) in [5.41, 5.74) is 0.423. The molecule has 2 aromatic rings. The minimum absolute atomic E-state index is 0.274. The molecule has 0 atom stereocenters. The number of hydrogen-bond acceptors (Lipinski definition) is 4. The molecule has 0 aromatic carbocycles. The highest BCUT2D eigenvalue weighted by atomic mass is 35.5. The van der Waals surface area contributed by atoms with Crippen LogP contribution in [-0.2, 0) is 0 Å². The molecule has 6 heteroatoms. The quantitative estimate of drug-likeness (QED) is 0.845. The Morgan fingerprint density at radius 3 is 2.80 bits per heavy atom. The van der Waals surface area contributed by atoms with E-state index in [4.69, 9.17) is 16.0 Å². The molecular weight excluding hydrogens is 218 g/mol. The van der Waals surface area contributed by atoms with Gasteiger partial charge in [-0.15, -0.1) is 10.2 Å². The highest BCUT2D eigenvalue weighted by molar-refractivity contribution is 6.29. The Kier molecular flexibility index (Phi) is 2.64. The smallest absolute Gasteiger partial charge is 0.260 e. The van der Waals surface area contributed by atoms with Crippen LogP contribution in [0.3, 0.4) is 0 Å². The van der Waals surface area contributed by atoms with E-state index in [9.17, 15) is 4.79 Å². The molecule has 0 unspecified atom stereocenters. The van der Waals surface area contributed by atoms with Crippen LogP contribution in [-0.4, -0.2) is 16.1 Å². The van der Waals surface area contributed by atoms with Crippen molar-refractivity contribution >= 4 is 23.3 Å². The summed E-state index contributed by atoms with van der Waals surface area (Å²) in [5, 5.41) is 10.1. The minimum Gasteiger partial charge on any atom is -0.472 e. The number of nitrogens with one attached hydrogen (secondary N) is 1. The lowest BCUT2D eigenvalue weighted by atomic mass is 10.3. The molecule has 2 aromatic heterocycles. The average Bonchev–Trinajstić information content (AvgIpc) is 2.74. The first kappa shape index (κ1) is 9.67. The lowest BCUT2D eigenvalue weighted by molar-refractivity contribution is 0.102. The van der Waals surface area contributed by atoms with Crippen molar-refractivity contribution in [3.8, 4) is 0 Å². The number of halogens is 1. The van der Waals surface area contributed by atoms with Gasteiger partial charge in [-0.05, 0) is 18.2 Å². The molecule has 76 valence electrons. The number of aromatic nitrogens is 2. The fourth-order valence-electron chi connectivity index (χ4n) is 0.965. The van der Waals surface area contributed by atoms with Crippen molar-refractivity contribution in [3.05, 3.63) is 41.4 Å². The Balaban J connectivity index is 2.09. The van der Waals surface area contributed by atoms with E-state index in [-0.39, 0.29) is 11.1 Å². The van der Waals surface area contributed by atoms with Crippen molar-refractivity contribution in [2.75, 3.05) is 5.32 Å². The zero-order valence-electron chi connectivity index (χ0n) is 7.48. The van der Waals surface area contributed by atoms with Crippen LogP contribution in [0.5, 0.6) is 0 Å². The molecule has 0 aliphatic rings. The molecule has 0 saturated carbocycles. The molecule has 0 radical (unpaired) electrons. The minimum atomic E-state index is -0.305. The number of rotatable bonds is 2. The topological polar surface area (TPSA) is 68.0 Å². The van der Waals surface area contributed by atoms with Gasteiger partial charge in [-0.1, -0.05) is 11.6 Å². The average molecular weight is 224 g/mol. The molecule has 2 heterocycles. The molecule has 5 nitrogen and oxygen atoms in total. The SMILES string of the molecule is O=C(Nc1ccc(Cl)nn1)c1ccoc1. The fourth-order valence-corrected chi connectivity index (χ4v) is 1.07. The third-order valence-electron chi connectivity index (χ3n) is 1.66. The third-order valence-corrected chi connectivity index (χ3v) is 1.86. The van der Waals surface area contributed by atoms with Crippen molar-refractivity contribution in [1.29, 1.82) is 0 Å². The summed E-state index contributed by atoms with van der Waals surface area (Å²) in [6.07, 6.45) is 2.77. The normalized spacial score (nSPS) is 9.93. The third kappa shape index (κ3) is 2.32. The van der Waals surface area contributed by atoms with E-state index >= 15 is 0 Å². The van der Waals surface area contributed by atoms with Crippen LogP contribution in [0.25, 0.3) is 0 Å². The Morgan fingerprint density at radius 2 is 2.20 bits per heavy atom.